The second kappa shape index (κ2) is 5.90. The highest BCUT2D eigenvalue weighted by atomic mass is 16.6. The molecule has 0 amide bonds. The SMILES string of the molecule is CC1=NN(c2ccc([N+](=O)[O-])cc2[N+](=O)[O-])C(C#N)(N=O)C(C)(C)C1. The molecule has 1 unspecified atom stereocenters. The van der Waals surface area contributed by atoms with Crippen molar-refractivity contribution in [1.29, 1.82) is 5.26 Å². The van der Waals surface area contributed by atoms with Crippen molar-refractivity contribution in [3.8, 4) is 6.07 Å². The number of rotatable bonds is 4. The van der Waals surface area contributed by atoms with E-state index in [2.05, 4.69) is 10.3 Å². The normalized spacial score (nSPS) is 21.8. The van der Waals surface area contributed by atoms with E-state index in [0.717, 1.165) is 23.2 Å². The molecule has 2 rings (SSSR count). The summed E-state index contributed by atoms with van der Waals surface area (Å²) >= 11 is 0. The summed E-state index contributed by atoms with van der Waals surface area (Å²) in [5.41, 5.74) is -3.85. The Bertz CT molecular complexity index is 843. The summed E-state index contributed by atoms with van der Waals surface area (Å²) in [5, 5.41) is 39.9. The van der Waals surface area contributed by atoms with Gasteiger partial charge in [-0.1, -0.05) is 13.8 Å². The molecule has 0 saturated carbocycles. The Balaban J connectivity index is 2.80. The molecule has 11 heteroatoms. The average molecular weight is 346 g/mol. The number of nitro benzene ring substituents is 2. The lowest BCUT2D eigenvalue weighted by molar-refractivity contribution is -0.393. The fourth-order valence-electron chi connectivity index (χ4n) is 2.89. The molecule has 0 aliphatic carbocycles. The lowest BCUT2D eigenvalue weighted by Gasteiger charge is -2.45. The zero-order valence-corrected chi connectivity index (χ0v) is 13.7. The standard InChI is InChI=1S/C14H14N6O5/c1-9-7-13(2,3)14(8-15,17-21)18(16-9)11-5-4-10(19(22)23)6-12(11)20(24)25/h4-6H,7H2,1-3H3. The maximum absolute atomic E-state index is 11.6. The molecule has 0 bridgehead atoms. The topological polar surface area (TPSA) is 155 Å². The number of hydrogen-bond acceptors (Lipinski definition) is 9. The van der Waals surface area contributed by atoms with Crippen molar-refractivity contribution in [3.05, 3.63) is 43.3 Å². The number of nitroso groups, excluding NO2 is 1. The predicted octanol–water partition coefficient (Wildman–Crippen LogP) is 3.10. The summed E-state index contributed by atoms with van der Waals surface area (Å²) in [7, 11) is 0. The van der Waals surface area contributed by atoms with Crippen molar-refractivity contribution in [1.82, 2.24) is 0 Å². The second-order valence-corrected chi connectivity index (χ2v) is 6.27. The third-order valence-electron chi connectivity index (χ3n) is 4.10. The van der Waals surface area contributed by atoms with Gasteiger partial charge in [-0.3, -0.25) is 20.2 Å². The molecule has 0 spiro atoms. The quantitative estimate of drug-likeness (QED) is 0.460. The van der Waals surface area contributed by atoms with Gasteiger partial charge in [0.25, 0.3) is 11.4 Å². The summed E-state index contributed by atoms with van der Waals surface area (Å²) in [6.45, 7) is 4.90. The number of hydrogen-bond donors (Lipinski definition) is 0. The highest BCUT2D eigenvalue weighted by Crippen LogP contribution is 2.48. The molecule has 0 aromatic heterocycles. The molecule has 0 N–H and O–H groups in total. The van der Waals surface area contributed by atoms with Crippen LogP contribution in [0.1, 0.15) is 27.2 Å². The van der Waals surface area contributed by atoms with Gasteiger partial charge < -0.3 is 0 Å². The Kier molecular flexibility index (Phi) is 4.23. The minimum absolute atomic E-state index is 0.219. The number of nitrogens with zero attached hydrogens (tertiary/aromatic N) is 6. The van der Waals surface area contributed by atoms with Gasteiger partial charge in [0.2, 0.25) is 0 Å². The van der Waals surface area contributed by atoms with E-state index in [1.54, 1.807) is 20.8 Å². The van der Waals surface area contributed by atoms with Gasteiger partial charge in [0.1, 0.15) is 11.8 Å². The lowest BCUT2D eigenvalue weighted by atomic mass is 9.74. The number of anilines is 1. The van der Waals surface area contributed by atoms with E-state index in [4.69, 9.17) is 0 Å². The van der Waals surface area contributed by atoms with E-state index in [9.17, 15) is 30.4 Å². The zero-order chi connectivity index (χ0) is 19.0. The third kappa shape index (κ3) is 2.67. The Labute approximate surface area is 141 Å². The molecule has 1 aliphatic heterocycles. The highest BCUT2D eigenvalue weighted by Gasteiger charge is 2.57. The van der Waals surface area contributed by atoms with Gasteiger partial charge in [-0.05, 0) is 24.6 Å². The lowest BCUT2D eigenvalue weighted by Crippen LogP contribution is -2.57. The second-order valence-electron chi connectivity index (χ2n) is 6.27. The zero-order valence-electron chi connectivity index (χ0n) is 13.7. The number of non-ortho nitro benzene ring substituents is 1. The molecule has 130 valence electrons. The van der Waals surface area contributed by atoms with Crippen LogP contribution in [0.3, 0.4) is 0 Å². The van der Waals surface area contributed by atoms with E-state index in [1.807, 2.05) is 6.07 Å². The highest BCUT2D eigenvalue weighted by molar-refractivity contribution is 5.86. The average Bonchev–Trinajstić information content (AvgIpc) is 2.53. The number of benzene rings is 1. The summed E-state index contributed by atoms with van der Waals surface area (Å²) in [6, 6.07) is 4.70. The molecule has 0 fully saturated rings. The molecule has 1 heterocycles. The van der Waals surface area contributed by atoms with Crippen LogP contribution in [0, 0.1) is 41.9 Å². The van der Waals surface area contributed by atoms with Gasteiger partial charge in [-0.2, -0.15) is 10.4 Å². The summed E-state index contributed by atoms with van der Waals surface area (Å²) < 4.78 is 0. The van der Waals surface area contributed by atoms with Crippen LogP contribution in [0.4, 0.5) is 17.1 Å². The van der Waals surface area contributed by atoms with Crippen LogP contribution in [-0.4, -0.2) is 21.2 Å². The number of hydrazone groups is 1. The molecule has 0 radical (unpaired) electrons. The number of nitro groups is 2. The minimum Gasteiger partial charge on any atom is -0.258 e. The molecular weight excluding hydrogens is 332 g/mol. The van der Waals surface area contributed by atoms with E-state index in [-0.39, 0.29) is 12.1 Å². The van der Waals surface area contributed by atoms with Crippen LogP contribution < -0.4 is 5.01 Å². The first-order chi connectivity index (χ1) is 11.6. The van der Waals surface area contributed by atoms with Gasteiger partial charge in [0.15, 0.2) is 0 Å². The maximum atomic E-state index is 11.6. The van der Waals surface area contributed by atoms with E-state index >= 15 is 0 Å². The van der Waals surface area contributed by atoms with Crippen molar-refractivity contribution in [2.75, 3.05) is 5.01 Å². The molecule has 0 saturated heterocycles. The van der Waals surface area contributed by atoms with E-state index in [0.29, 0.717) is 5.71 Å². The first-order valence-corrected chi connectivity index (χ1v) is 7.12. The van der Waals surface area contributed by atoms with E-state index in [1.165, 1.54) is 0 Å². The Morgan fingerprint density at radius 2 is 1.96 bits per heavy atom. The molecule has 1 aromatic rings. The molecule has 1 atom stereocenters. The van der Waals surface area contributed by atoms with Crippen LogP contribution in [0.5, 0.6) is 0 Å². The summed E-state index contributed by atoms with van der Waals surface area (Å²) in [6.07, 6.45) is 0.281. The van der Waals surface area contributed by atoms with Crippen molar-refractivity contribution in [2.24, 2.45) is 15.7 Å². The molecule has 1 aromatic carbocycles. The Morgan fingerprint density at radius 1 is 1.32 bits per heavy atom. The molecule has 25 heavy (non-hydrogen) atoms. The van der Waals surface area contributed by atoms with Crippen molar-refractivity contribution < 1.29 is 9.85 Å². The fraction of sp³-hybridized carbons (Fsp3) is 0.429. The minimum atomic E-state index is -2.03. The van der Waals surface area contributed by atoms with Gasteiger partial charge in [0.05, 0.1) is 15.9 Å². The molecular formula is C14H14N6O5. The summed E-state index contributed by atoms with van der Waals surface area (Å²) in [5.74, 6) is 0. The Morgan fingerprint density at radius 3 is 2.44 bits per heavy atom. The monoisotopic (exact) mass is 346 g/mol. The smallest absolute Gasteiger partial charge is 0.258 e. The van der Waals surface area contributed by atoms with Gasteiger partial charge >= 0.3 is 5.69 Å². The first-order valence-electron chi connectivity index (χ1n) is 7.12. The maximum Gasteiger partial charge on any atom is 0.301 e. The van der Waals surface area contributed by atoms with Crippen LogP contribution in [-0.2, 0) is 0 Å². The van der Waals surface area contributed by atoms with Crippen LogP contribution in [0.2, 0.25) is 0 Å². The van der Waals surface area contributed by atoms with Crippen molar-refractivity contribution in [2.45, 2.75) is 32.9 Å². The fourth-order valence-corrected chi connectivity index (χ4v) is 2.89. The van der Waals surface area contributed by atoms with Crippen LogP contribution >= 0.6 is 0 Å². The van der Waals surface area contributed by atoms with E-state index < -0.39 is 32.3 Å². The van der Waals surface area contributed by atoms with Gasteiger partial charge in [0, 0.05) is 17.2 Å². The van der Waals surface area contributed by atoms with Crippen molar-refractivity contribution in [3.63, 3.8) is 0 Å². The Hall–Kier alpha value is -3.42. The largest absolute Gasteiger partial charge is 0.301 e. The summed E-state index contributed by atoms with van der Waals surface area (Å²) in [4.78, 5) is 32.3. The van der Waals surface area contributed by atoms with Crippen LogP contribution in [0.15, 0.2) is 28.5 Å². The van der Waals surface area contributed by atoms with Gasteiger partial charge in [-0.15, -0.1) is 4.91 Å². The third-order valence-corrected chi connectivity index (χ3v) is 4.10. The number of nitriles is 1. The van der Waals surface area contributed by atoms with Gasteiger partial charge in [-0.25, -0.2) is 5.01 Å². The molecule has 1 aliphatic rings. The van der Waals surface area contributed by atoms with Crippen LogP contribution in [0.25, 0.3) is 0 Å². The molecule has 11 nitrogen and oxygen atoms in total. The van der Waals surface area contributed by atoms with Crippen molar-refractivity contribution >= 4 is 22.8 Å². The predicted molar refractivity (Wildman–Crippen MR) is 87.9 cm³/mol. The first kappa shape index (κ1) is 17.9.